The first-order valence-corrected chi connectivity index (χ1v) is 9.01. The standard InChI is InChI=1S/C21H22ClN3O2/c1-14-19(15(2)25(4)23-14)10-12-21(26)24(3)13-18-9-11-20(27-18)16-5-7-17(22)8-6-16/h5-12H,13H2,1-4H3/b12-10+. The summed E-state index contributed by atoms with van der Waals surface area (Å²) < 4.78 is 7.67. The third kappa shape index (κ3) is 4.31. The Bertz CT molecular complexity index is 984. The lowest BCUT2D eigenvalue weighted by atomic mass is 10.2. The summed E-state index contributed by atoms with van der Waals surface area (Å²) in [5.41, 5.74) is 3.85. The monoisotopic (exact) mass is 383 g/mol. The number of hydrogen-bond acceptors (Lipinski definition) is 3. The largest absolute Gasteiger partial charge is 0.459 e. The quantitative estimate of drug-likeness (QED) is 0.604. The molecule has 2 heterocycles. The molecule has 0 aliphatic carbocycles. The summed E-state index contributed by atoms with van der Waals surface area (Å²) in [5, 5.41) is 5.04. The van der Waals surface area contributed by atoms with Crippen LogP contribution in [0, 0.1) is 13.8 Å². The number of likely N-dealkylation sites (N-methyl/N-ethyl adjacent to an activating group) is 1. The summed E-state index contributed by atoms with van der Waals surface area (Å²) in [4.78, 5) is 14.0. The van der Waals surface area contributed by atoms with Crippen LogP contribution < -0.4 is 0 Å². The lowest BCUT2D eigenvalue weighted by molar-refractivity contribution is -0.125. The van der Waals surface area contributed by atoms with Gasteiger partial charge >= 0.3 is 0 Å². The Morgan fingerprint density at radius 1 is 1.22 bits per heavy atom. The summed E-state index contributed by atoms with van der Waals surface area (Å²) in [7, 11) is 3.64. The van der Waals surface area contributed by atoms with E-state index >= 15 is 0 Å². The lowest BCUT2D eigenvalue weighted by Crippen LogP contribution is -2.23. The molecule has 0 bridgehead atoms. The maximum Gasteiger partial charge on any atom is 0.246 e. The first-order valence-electron chi connectivity index (χ1n) is 8.63. The van der Waals surface area contributed by atoms with Crippen molar-refractivity contribution in [1.82, 2.24) is 14.7 Å². The van der Waals surface area contributed by atoms with Crippen molar-refractivity contribution >= 4 is 23.6 Å². The number of nitrogens with zero attached hydrogens (tertiary/aromatic N) is 3. The predicted molar refractivity (Wildman–Crippen MR) is 107 cm³/mol. The Morgan fingerprint density at radius 3 is 2.56 bits per heavy atom. The number of aryl methyl sites for hydroxylation is 2. The molecular formula is C21H22ClN3O2. The van der Waals surface area contributed by atoms with Crippen molar-refractivity contribution in [3.63, 3.8) is 0 Å². The van der Waals surface area contributed by atoms with Crippen molar-refractivity contribution in [1.29, 1.82) is 0 Å². The van der Waals surface area contributed by atoms with Crippen molar-refractivity contribution in [3.05, 3.63) is 70.2 Å². The van der Waals surface area contributed by atoms with Crippen LogP contribution in [0.3, 0.4) is 0 Å². The van der Waals surface area contributed by atoms with Gasteiger partial charge in [0.15, 0.2) is 0 Å². The van der Waals surface area contributed by atoms with E-state index in [1.807, 2.05) is 68.1 Å². The molecule has 27 heavy (non-hydrogen) atoms. The molecule has 0 fully saturated rings. The van der Waals surface area contributed by atoms with E-state index in [0.29, 0.717) is 11.6 Å². The Labute approximate surface area is 163 Å². The summed E-state index contributed by atoms with van der Waals surface area (Å²) in [5.74, 6) is 1.37. The van der Waals surface area contributed by atoms with Crippen molar-refractivity contribution in [2.75, 3.05) is 7.05 Å². The number of amides is 1. The zero-order valence-corrected chi connectivity index (χ0v) is 16.6. The molecule has 1 aromatic carbocycles. The molecule has 3 rings (SSSR count). The van der Waals surface area contributed by atoms with Crippen LogP contribution in [0.1, 0.15) is 22.7 Å². The topological polar surface area (TPSA) is 51.3 Å². The molecule has 0 radical (unpaired) electrons. The fraction of sp³-hybridized carbons (Fsp3) is 0.238. The molecule has 0 spiro atoms. The van der Waals surface area contributed by atoms with Crippen molar-refractivity contribution < 1.29 is 9.21 Å². The molecule has 6 heteroatoms. The van der Waals surface area contributed by atoms with Gasteiger partial charge in [-0.05, 0) is 56.3 Å². The average molecular weight is 384 g/mol. The second-order valence-electron chi connectivity index (χ2n) is 6.51. The fourth-order valence-electron chi connectivity index (χ4n) is 2.86. The number of furan rings is 1. The molecule has 0 aliphatic rings. The third-order valence-electron chi connectivity index (χ3n) is 4.52. The van der Waals surface area contributed by atoms with Gasteiger partial charge in [0.2, 0.25) is 5.91 Å². The number of hydrogen-bond donors (Lipinski definition) is 0. The van der Waals surface area contributed by atoms with Crippen LogP contribution in [-0.4, -0.2) is 27.6 Å². The SMILES string of the molecule is Cc1nn(C)c(C)c1/C=C/C(=O)N(C)Cc1ccc(-c2ccc(Cl)cc2)o1. The first-order chi connectivity index (χ1) is 12.8. The normalized spacial score (nSPS) is 11.3. The Hall–Kier alpha value is -2.79. The molecule has 1 amide bonds. The van der Waals surface area contributed by atoms with Gasteiger partial charge in [-0.25, -0.2) is 0 Å². The summed E-state index contributed by atoms with van der Waals surface area (Å²) in [6.45, 7) is 4.30. The number of benzene rings is 1. The van der Waals surface area contributed by atoms with E-state index in [0.717, 1.165) is 34.0 Å². The van der Waals surface area contributed by atoms with E-state index in [-0.39, 0.29) is 5.91 Å². The van der Waals surface area contributed by atoms with Crippen LogP contribution in [0.5, 0.6) is 0 Å². The van der Waals surface area contributed by atoms with E-state index in [2.05, 4.69) is 5.10 Å². The summed E-state index contributed by atoms with van der Waals surface area (Å²) in [6.07, 6.45) is 3.39. The van der Waals surface area contributed by atoms with Gasteiger partial charge in [-0.1, -0.05) is 11.6 Å². The molecule has 0 N–H and O–H groups in total. The fourth-order valence-corrected chi connectivity index (χ4v) is 2.98. The Kier molecular flexibility index (Phi) is 5.51. The zero-order chi connectivity index (χ0) is 19.6. The van der Waals surface area contributed by atoms with Crippen LogP contribution in [0.2, 0.25) is 5.02 Å². The highest BCUT2D eigenvalue weighted by Gasteiger charge is 2.12. The third-order valence-corrected chi connectivity index (χ3v) is 4.77. The van der Waals surface area contributed by atoms with Gasteiger partial charge in [0.25, 0.3) is 0 Å². The average Bonchev–Trinajstić information content (AvgIpc) is 3.19. The lowest BCUT2D eigenvalue weighted by Gasteiger charge is -2.13. The highest BCUT2D eigenvalue weighted by molar-refractivity contribution is 6.30. The van der Waals surface area contributed by atoms with Crippen LogP contribution in [-0.2, 0) is 18.4 Å². The Morgan fingerprint density at radius 2 is 1.93 bits per heavy atom. The van der Waals surface area contributed by atoms with Gasteiger partial charge in [-0.15, -0.1) is 0 Å². The highest BCUT2D eigenvalue weighted by Crippen LogP contribution is 2.24. The van der Waals surface area contributed by atoms with Gasteiger partial charge in [0, 0.05) is 42.0 Å². The molecule has 0 aliphatic heterocycles. The zero-order valence-electron chi connectivity index (χ0n) is 15.9. The summed E-state index contributed by atoms with van der Waals surface area (Å²) >= 11 is 5.92. The van der Waals surface area contributed by atoms with Gasteiger partial charge in [0.05, 0.1) is 12.2 Å². The van der Waals surface area contributed by atoms with E-state index in [4.69, 9.17) is 16.0 Å². The van der Waals surface area contributed by atoms with E-state index in [9.17, 15) is 4.79 Å². The van der Waals surface area contributed by atoms with Crippen molar-refractivity contribution in [3.8, 4) is 11.3 Å². The van der Waals surface area contributed by atoms with E-state index in [1.54, 1.807) is 18.0 Å². The number of aromatic nitrogens is 2. The molecule has 2 aromatic heterocycles. The molecular weight excluding hydrogens is 362 g/mol. The summed E-state index contributed by atoms with van der Waals surface area (Å²) in [6, 6.07) is 11.2. The molecule has 0 unspecified atom stereocenters. The minimum Gasteiger partial charge on any atom is -0.459 e. The van der Waals surface area contributed by atoms with Gasteiger partial charge in [-0.3, -0.25) is 9.48 Å². The number of carbonyl (C=O) groups excluding carboxylic acids is 1. The van der Waals surface area contributed by atoms with Gasteiger partial charge in [0.1, 0.15) is 11.5 Å². The van der Waals surface area contributed by atoms with Crippen LogP contribution in [0.15, 0.2) is 46.9 Å². The highest BCUT2D eigenvalue weighted by atomic mass is 35.5. The molecule has 0 atom stereocenters. The molecule has 140 valence electrons. The second kappa shape index (κ2) is 7.84. The molecule has 0 saturated carbocycles. The molecule has 3 aromatic rings. The van der Waals surface area contributed by atoms with Crippen molar-refractivity contribution in [2.24, 2.45) is 7.05 Å². The van der Waals surface area contributed by atoms with E-state index in [1.165, 1.54) is 0 Å². The maximum absolute atomic E-state index is 12.4. The predicted octanol–water partition coefficient (Wildman–Crippen LogP) is 4.62. The number of halogens is 1. The van der Waals surface area contributed by atoms with Gasteiger partial charge < -0.3 is 9.32 Å². The number of carbonyl (C=O) groups is 1. The second-order valence-corrected chi connectivity index (χ2v) is 6.95. The van der Waals surface area contributed by atoms with Crippen molar-refractivity contribution in [2.45, 2.75) is 20.4 Å². The maximum atomic E-state index is 12.4. The van der Waals surface area contributed by atoms with E-state index < -0.39 is 0 Å². The smallest absolute Gasteiger partial charge is 0.246 e. The molecule has 5 nitrogen and oxygen atoms in total. The number of rotatable bonds is 5. The minimum absolute atomic E-state index is 0.0953. The first kappa shape index (κ1) is 19.0. The molecule has 0 saturated heterocycles. The van der Waals surface area contributed by atoms with Crippen LogP contribution >= 0.6 is 11.6 Å². The van der Waals surface area contributed by atoms with Gasteiger partial charge in [-0.2, -0.15) is 5.10 Å². The van der Waals surface area contributed by atoms with Crippen LogP contribution in [0.4, 0.5) is 0 Å². The van der Waals surface area contributed by atoms with Crippen LogP contribution in [0.25, 0.3) is 17.4 Å². The minimum atomic E-state index is -0.0953. The Balaban J connectivity index is 1.66.